The molecular weight excluding hydrogens is 338 g/mol. The van der Waals surface area contributed by atoms with E-state index < -0.39 is 27.6 Å². The molecule has 0 unspecified atom stereocenters. The van der Waals surface area contributed by atoms with Crippen LogP contribution in [0.4, 0.5) is 20.2 Å². The van der Waals surface area contributed by atoms with Crippen molar-refractivity contribution in [3.8, 4) is 0 Å². The van der Waals surface area contributed by atoms with E-state index in [-0.39, 0.29) is 16.9 Å². The van der Waals surface area contributed by atoms with E-state index in [1.807, 2.05) is 0 Å². The summed E-state index contributed by atoms with van der Waals surface area (Å²) in [6, 6.07) is 9.52. The molecule has 0 aliphatic carbocycles. The van der Waals surface area contributed by atoms with Gasteiger partial charge >= 0.3 is 0 Å². The summed E-state index contributed by atoms with van der Waals surface area (Å²) in [6.45, 7) is 0. The first-order valence-electron chi connectivity index (χ1n) is 6.76. The number of nitrogens with one attached hydrogen (secondary N) is 2. The van der Waals surface area contributed by atoms with Crippen molar-refractivity contribution in [2.75, 3.05) is 16.3 Å². The summed E-state index contributed by atoms with van der Waals surface area (Å²) in [4.78, 5) is 11.9. The lowest BCUT2D eigenvalue weighted by Gasteiger charge is -2.10. The summed E-state index contributed by atoms with van der Waals surface area (Å²) in [5, 5.41) is 2.44. The van der Waals surface area contributed by atoms with Gasteiger partial charge in [-0.2, -0.15) is 0 Å². The second-order valence-electron chi connectivity index (χ2n) is 4.88. The Morgan fingerprint density at radius 3 is 2.17 bits per heavy atom. The maximum atomic E-state index is 13.5. The summed E-state index contributed by atoms with van der Waals surface area (Å²) < 4.78 is 51.8. The van der Waals surface area contributed by atoms with Gasteiger partial charge in [0.1, 0.15) is 11.6 Å². The highest BCUT2D eigenvalue weighted by molar-refractivity contribution is 7.92. The molecule has 2 rings (SSSR count). The zero-order valence-electron chi connectivity index (χ0n) is 12.6. The van der Waals surface area contributed by atoms with Crippen molar-refractivity contribution in [2.45, 2.75) is 0 Å². The molecule has 0 radical (unpaired) electrons. The number of para-hydroxylation sites is 2. The molecule has 0 heterocycles. The minimum atomic E-state index is -3.52. The Kier molecular flexibility index (Phi) is 5.30. The summed E-state index contributed by atoms with van der Waals surface area (Å²) in [5.41, 5.74) is 0.0561. The van der Waals surface area contributed by atoms with Gasteiger partial charge in [-0.3, -0.25) is 9.52 Å². The van der Waals surface area contributed by atoms with Gasteiger partial charge in [-0.15, -0.1) is 0 Å². The fourth-order valence-electron chi connectivity index (χ4n) is 1.88. The molecule has 0 saturated carbocycles. The molecule has 0 aliphatic heterocycles. The van der Waals surface area contributed by atoms with Crippen molar-refractivity contribution < 1.29 is 22.0 Å². The third-order valence-corrected chi connectivity index (χ3v) is 3.47. The van der Waals surface area contributed by atoms with Crippen molar-refractivity contribution in [1.82, 2.24) is 0 Å². The van der Waals surface area contributed by atoms with Gasteiger partial charge in [-0.1, -0.05) is 18.2 Å². The fraction of sp³-hybridized carbons (Fsp3) is 0.0625. The number of hydrogen-bond acceptors (Lipinski definition) is 3. The molecule has 0 bridgehead atoms. The SMILES string of the molecule is CS(=O)(=O)Nc1ccccc1NC(=O)/C=C/c1c(F)cccc1F. The second-order valence-corrected chi connectivity index (χ2v) is 6.63. The van der Waals surface area contributed by atoms with Crippen LogP contribution in [-0.2, 0) is 14.8 Å². The molecular formula is C16H14F2N2O3S. The smallest absolute Gasteiger partial charge is 0.248 e. The zero-order valence-corrected chi connectivity index (χ0v) is 13.4. The van der Waals surface area contributed by atoms with E-state index in [2.05, 4.69) is 10.0 Å². The first-order valence-corrected chi connectivity index (χ1v) is 8.65. The van der Waals surface area contributed by atoms with Crippen molar-refractivity contribution in [1.29, 1.82) is 0 Å². The second kappa shape index (κ2) is 7.22. The van der Waals surface area contributed by atoms with Crippen LogP contribution in [0, 0.1) is 11.6 Å². The molecule has 0 saturated heterocycles. The van der Waals surface area contributed by atoms with Crippen LogP contribution in [-0.4, -0.2) is 20.6 Å². The predicted octanol–water partition coefficient (Wildman–Crippen LogP) is 2.99. The maximum absolute atomic E-state index is 13.5. The summed E-state index contributed by atoms with van der Waals surface area (Å²) in [7, 11) is -3.52. The van der Waals surface area contributed by atoms with Crippen LogP contribution in [0.1, 0.15) is 5.56 Å². The van der Waals surface area contributed by atoms with E-state index in [0.29, 0.717) is 0 Å². The zero-order chi connectivity index (χ0) is 17.7. The van der Waals surface area contributed by atoms with E-state index in [1.165, 1.54) is 18.2 Å². The van der Waals surface area contributed by atoms with Crippen molar-refractivity contribution >= 4 is 33.4 Å². The predicted molar refractivity (Wildman–Crippen MR) is 88.9 cm³/mol. The standard InChI is InChI=1S/C16H14F2N2O3S/c1-24(22,23)20-15-8-3-2-7-14(15)19-16(21)10-9-11-12(17)5-4-6-13(11)18/h2-10,20H,1H3,(H,19,21)/b10-9+. The Hall–Kier alpha value is -2.74. The Morgan fingerprint density at radius 2 is 1.58 bits per heavy atom. The molecule has 8 heteroatoms. The molecule has 2 N–H and O–H groups in total. The number of rotatable bonds is 5. The number of halogens is 2. The van der Waals surface area contributed by atoms with Crippen LogP contribution >= 0.6 is 0 Å². The number of amides is 1. The van der Waals surface area contributed by atoms with Gasteiger partial charge in [0, 0.05) is 11.6 Å². The quantitative estimate of drug-likeness (QED) is 0.813. The average Bonchev–Trinajstić information content (AvgIpc) is 2.47. The van der Waals surface area contributed by atoms with E-state index in [1.54, 1.807) is 12.1 Å². The number of benzene rings is 2. The Labute approximate surface area is 138 Å². The Bertz CT molecular complexity index is 876. The van der Waals surface area contributed by atoms with E-state index in [4.69, 9.17) is 0 Å². The number of anilines is 2. The van der Waals surface area contributed by atoms with Gasteiger partial charge in [-0.05, 0) is 30.3 Å². The third-order valence-electron chi connectivity index (χ3n) is 2.88. The molecule has 24 heavy (non-hydrogen) atoms. The number of hydrogen-bond donors (Lipinski definition) is 2. The molecule has 5 nitrogen and oxygen atoms in total. The van der Waals surface area contributed by atoms with Crippen LogP contribution in [0.5, 0.6) is 0 Å². The molecule has 0 fully saturated rings. The van der Waals surface area contributed by atoms with E-state index in [9.17, 15) is 22.0 Å². The van der Waals surface area contributed by atoms with Crippen LogP contribution in [0.25, 0.3) is 6.08 Å². The molecule has 0 spiro atoms. The lowest BCUT2D eigenvalue weighted by atomic mass is 10.2. The normalized spacial score (nSPS) is 11.5. The number of sulfonamides is 1. The molecule has 2 aromatic carbocycles. The number of carbonyl (C=O) groups excluding carboxylic acids is 1. The highest BCUT2D eigenvalue weighted by atomic mass is 32.2. The van der Waals surface area contributed by atoms with Crippen LogP contribution in [0.15, 0.2) is 48.5 Å². The number of carbonyl (C=O) groups is 1. The topological polar surface area (TPSA) is 75.3 Å². The summed E-state index contributed by atoms with van der Waals surface area (Å²) in [6.07, 6.45) is 2.94. The van der Waals surface area contributed by atoms with Crippen LogP contribution < -0.4 is 10.0 Å². The fourth-order valence-corrected chi connectivity index (χ4v) is 2.46. The van der Waals surface area contributed by atoms with Crippen LogP contribution in [0.3, 0.4) is 0 Å². The summed E-state index contributed by atoms with van der Waals surface area (Å²) >= 11 is 0. The Balaban J connectivity index is 2.18. The largest absolute Gasteiger partial charge is 0.321 e. The Morgan fingerprint density at radius 1 is 1.00 bits per heavy atom. The highest BCUT2D eigenvalue weighted by Crippen LogP contribution is 2.22. The molecule has 2 aromatic rings. The van der Waals surface area contributed by atoms with E-state index >= 15 is 0 Å². The average molecular weight is 352 g/mol. The lowest BCUT2D eigenvalue weighted by Crippen LogP contribution is -2.14. The first-order chi connectivity index (χ1) is 11.3. The monoisotopic (exact) mass is 352 g/mol. The van der Waals surface area contributed by atoms with E-state index in [0.717, 1.165) is 30.5 Å². The molecule has 0 atom stereocenters. The molecule has 0 aromatic heterocycles. The maximum Gasteiger partial charge on any atom is 0.248 e. The van der Waals surface area contributed by atoms with Gasteiger partial charge in [0.2, 0.25) is 15.9 Å². The van der Waals surface area contributed by atoms with Gasteiger partial charge in [0.15, 0.2) is 0 Å². The van der Waals surface area contributed by atoms with Gasteiger partial charge in [0.25, 0.3) is 0 Å². The summed E-state index contributed by atoms with van der Waals surface area (Å²) in [5.74, 6) is -2.25. The van der Waals surface area contributed by atoms with Gasteiger partial charge in [0.05, 0.1) is 17.6 Å². The first kappa shape index (κ1) is 17.6. The van der Waals surface area contributed by atoms with Crippen molar-refractivity contribution in [3.05, 3.63) is 65.7 Å². The minimum absolute atomic E-state index is 0.179. The van der Waals surface area contributed by atoms with Gasteiger partial charge < -0.3 is 5.32 Å². The van der Waals surface area contributed by atoms with Crippen molar-refractivity contribution in [3.63, 3.8) is 0 Å². The van der Waals surface area contributed by atoms with Crippen LogP contribution in [0.2, 0.25) is 0 Å². The molecule has 126 valence electrons. The highest BCUT2D eigenvalue weighted by Gasteiger charge is 2.09. The molecule has 0 aliphatic rings. The minimum Gasteiger partial charge on any atom is -0.321 e. The molecule has 1 amide bonds. The van der Waals surface area contributed by atoms with Crippen molar-refractivity contribution in [2.24, 2.45) is 0 Å². The lowest BCUT2D eigenvalue weighted by molar-refractivity contribution is -0.111. The van der Waals surface area contributed by atoms with Gasteiger partial charge in [-0.25, -0.2) is 17.2 Å². The third kappa shape index (κ3) is 4.88.